The van der Waals surface area contributed by atoms with Gasteiger partial charge in [0.2, 0.25) is 0 Å². The molecule has 4 rings (SSSR count). The molecule has 0 N–H and O–H groups in total. The minimum absolute atomic E-state index is 0.841. The molecule has 0 saturated carbocycles. The van der Waals surface area contributed by atoms with E-state index in [0.717, 1.165) is 35.7 Å². The van der Waals surface area contributed by atoms with Gasteiger partial charge >= 0.3 is 0 Å². The number of ether oxygens (including phenoxy) is 2. The zero-order valence-corrected chi connectivity index (χ0v) is 14.0. The molecule has 3 nitrogen and oxygen atoms in total. The molecule has 2 aliphatic rings. The van der Waals surface area contributed by atoms with Gasteiger partial charge in [-0.1, -0.05) is 18.2 Å². The van der Waals surface area contributed by atoms with E-state index in [1.54, 1.807) is 0 Å². The fraction of sp³-hybridized carbons (Fsp3) is 0.238. The minimum Gasteiger partial charge on any atom is -0.445 e. The van der Waals surface area contributed by atoms with Crippen molar-refractivity contribution >= 4 is 17.8 Å². The molecule has 1 unspecified atom stereocenters. The zero-order chi connectivity index (χ0) is 16.6. The molecule has 122 valence electrons. The van der Waals surface area contributed by atoms with Gasteiger partial charge in [-0.25, -0.2) is 0 Å². The molecule has 2 aromatic carbocycles. The maximum Gasteiger partial charge on any atom is 0.291 e. The Kier molecular flexibility index (Phi) is 3.57. The first-order chi connectivity index (χ1) is 11.7. The third-order valence-corrected chi connectivity index (χ3v) is 4.57. The number of fused-ring (bicyclic) bond motifs is 2. The van der Waals surface area contributed by atoms with Crippen LogP contribution in [0, 0.1) is 0 Å². The standard InChI is InChI=1S/C21H21NO2/c1-3-22(4-2)18-10-9-17-12-14-21(24-20(17)15-18)13-11-16-7-5-6-8-19(16)23-21/h5-15H,3-4H2,1-2H3. The number of hydrogen-bond acceptors (Lipinski definition) is 3. The predicted octanol–water partition coefficient (Wildman–Crippen LogP) is 4.74. The largest absolute Gasteiger partial charge is 0.445 e. The van der Waals surface area contributed by atoms with E-state index in [4.69, 9.17) is 9.47 Å². The van der Waals surface area contributed by atoms with E-state index in [9.17, 15) is 0 Å². The van der Waals surface area contributed by atoms with Crippen molar-refractivity contribution in [2.24, 2.45) is 0 Å². The van der Waals surface area contributed by atoms with Gasteiger partial charge in [0, 0.05) is 48.1 Å². The Morgan fingerprint density at radius 3 is 2.25 bits per heavy atom. The van der Waals surface area contributed by atoms with E-state index in [2.05, 4.69) is 49.1 Å². The quantitative estimate of drug-likeness (QED) is 0.815. The Morgan fingerprint density at radius 1 is 0.833 bits per heavy atom. The SMILES string of the molecule is CCN(CC)c1ccc2c(c1)OC1(C=Cc3ccccc3O1)C=C2. The van der Waals surface area contributed by atoms with Crippen molar-refractivity contribution in [1.82, 2.24) is 0 Å². The predicted molar refractivity (Wildman–Crippen MR) is 98.5 cm³/mol. The van der Waals surface area contributed by atoms with E-state index in [1.165, 1.54) is 5.69 Å². The summed E-state index contributed by atoms with van der Waals surface area (Å²) in [5, 5.41) is 0. The summed E-state index contributed by atoms with van der Waals surface area (Å²) in [6.45, 7) is 6.27. The lowest BCUT2D eigenvalue weighted by molar-refractivity contribution is -0.0307. The minimum atomic E-state index is -0.858. The topological polar surface area (TPSA) is 21.7 Å². The van der Waals surface area contributed by atoms with Crippen LogP contribution in [-0.2, 0) is 0 Å². The molecule has 2 aromatic rings. The fourth-order valence-corrected chi connectivity index (χ4v) is 3.21. The van der Waals surface area contributed by atoms with Crippen LogP contribution in [0.1, 0.15) is 25.0 Å². The number of rotatable bonds is 3. The highest BCUT2D eigenvalue weighted by atomic mass is 16.7. The van der Waals surface area contributed by atoms with Crippen molar-refractivity contribution in [1.29, 1.82) is 0 Å². The molecular weight excluding hydrogens is 298 g/mol. The van der Waals surface area contributed by atoms with Gasteiger partial charge in [-0.15, -0.1) is 0 Å². The molecular formula is C21H21NO2. The van der Waals surface area contributed by atoms with Crippen LogP contribution < -0.4 is 14.4 Å². The van der Waals surface area contributed by atoms with E-state index >= 15 is 0 Å². The average Bonchev–Trinajstić information content (AvgIpc) is 2.62. The van der Waals surface area contributed by atoms with Crippen LogP contribution in [0.25, 0.3) is 12.2 Å². The molecule has 0 aliphatic carbocycles. The summed E-state index contributed by atoms with van der Waals surface area (Å²) in [7, 11) is 0. The maximum absolute atomic E-state index is 6.27. The Labute approximate surface area is 142 Å². The first kappa shape index (κ1) is 14.9. The number of nitrogens with zero attached hydrogens (tertiary/aromatic N) is 1. The summed E-state index contributed by atoms with van der Waals surface area (Å²) >= 11 is 0. The van der Waals surface area contributed by atoms with Gasteiger partial charge in [0.1, 0.15) is 11.5 Å². The number of para-hydroxylation sites is 1. The summed E-state index contributed by atoms with van der Waals surface area (Å²) in [6.07, 6.45) is 8.07. The fourth-order valence-electron chi connectivity index (χ4n) is 3.21. The molecule has 2 heterocycles. The van der Waals surface area contributed by atoms with Crippen LogP contribution in [0.3, 0.4) is 0 Å². The first-order valence-electron chi connectivity index (χ1n) is 8.47. The zero-order valence-electron chi connectivity index (χ0n) is 14.0. The summed E-state index contributed by atoms with van der Waals surface area (Å²) in [5.74, 6) is 0.836. The van der Waals surface area contributed by atoms with E-state index < -0.39 is 5.79 Å². The monoisotopic (exact) mass is 319 g/mol. The molecule has 24 heavy (non-hydrogen) atoms. The van der Waals surface area contributed by atoms with Gasteiger partial charge in [-0.3, -0.25) is 0 Å². The van der Waals surface area contributed by atoms with Crippen LogP contribution in [0.4, 0.5) is 5.69 Å². The number of benzene rings is 2. The summed E-state index contributed by atoms with van der Waals surface area (Å²) < 4.78 is 12.4. The molecule has 1 spiro atoms. The van der Waals surface area contributed by atoms with Crippen molar-refractivity contribution in [3.63, 3.8) is 0 Å². The van der Waals surface area contributed by atoms with Crippen LogP contribution in [0.15, 0.2) is 54.6 Å². The highest BCUT2D eigenvalue weighted by Crippen LogP contribution is 2.39. The van der Waals surface area contributed by atoms with Gasteiger partial charge in [0.05, 0.1) is 0 Å². The molecule has 0 bridgehead atoms. The normalized spacial score (nSPS) is 20.1. The van der Waals surface area contributed by atoms with Crippen LogP contribution >= 0.6 is 0 Å². The van der Waals surface area contributed by atoms with Crippen LogP contribution in [0.2, 0.25) is 0 Å². The molecule has 2 aliphatic heterocycles. The second kappa shape index (κ2) is 5.75. The lowest BCUT2D eigenvalue weighted by atomic mass is 10.0. The second-order valence-corrected chi connectivity index (χ2v) is 6.02. The van der Waals surface area contributed by atoms with Gasteiger partial charge in [0.15, 0.2) is 0 Å². The third kappa shape index (κ3) is 2.46. The molecule has 3 heteroatoms. The lowest BCUT2D eigenvalue weighted by Gasteiger charge is -2.35. The summed E-state index contributed by atoms with van der Waals surface area (Å²) in [6, 6.07) is 14.3. The maximum atomic E-state index is 6.27. The van der Waals surface area contributed by atoms with Gasteiger partial charge in [-0.05, 0) is 44.2 Å². The van der Waals surface area contributed by atoms with Gasteiger partial charge in [0.25, 0.3) is 5.79 Å². The molecule has 0 radical (unpaired) electrons. The summed E-state index contributed by atoms with van der Waals surface area (Å²) in [5.41, 5.74) is 3.32. The smallest absolute Gasteiger partial charge is 0.291 e. The van der Waals surface area contributed by atoms with E-state index in [0.29, 0.717) is 0 Å². The van der Waals surface area contributed by atoms with Gasteiger partial charge < -0.3 is 14.4 Å². The Bertz CT molecular complexity index is 820. The molecule has 0 aromatic heterocycles. The van der Waals surface area contributed by atoms with Crippen molar-refractivity contribution in [3.05, 3.63) is 65.7 Å². The van der Waals surface area contributed by atoms with Crippen molar-refractivity contribution in [2.75, 3.05) is 18.0 Å². The van der Waals surface area contributed by atoms with Crippen LogP contribution in [-0.4, -0.2) is 18.9 Å². The number of anilines is 1. The summed E-state index contributed by atoms with van der Waals surface area (Å²) in [4.78, 5) is 2.31. The number of hydrogen-bond donors (Lipinski definition) is 0. The molecule has 0 fully saturated rings. The highest BCUT2D eigenvalue weighted by molar-refractivity contribution is 5.69. The Morgan fingerprint density at radius 2 is 1.50 bits per heavy atom. The second-order valence-electron chi connectivity index (χ2n) is 6.02. The Hall–Kier alpha value is -2.68. The lowest BCUT2D eigenvalue weighted by Crippen LogP contribution is -2.41. The van der Waals surface area contributed by atoms with Crippen molar-refractivity contribution < 1.29 is 9.47 Å². The van der Waals surface area contributed by atoms with E-state index in [1.807, 2.05) is 36.4 Å². The van der Waals surface area contributed by atoms with Crippen molar-refractivity contribution in [2.45, 2.75) is 19.6 Å². The highest BCUT2D eigenvalue weighted by Gasteiger charge is 2.35. The van der Waals surface area contributed by atoms with Crippen molar-refractivity contribution in [3.8, 4) is 11.5 Å². The average molecular weight is 319 g/mol. The first-order valence-corrected chi connectivity index (χ1v) is 8.47. The molecule has 1 atom stereocenters. The molecule has 0 saturated heterocycles. The van der Waals surface area contributed by atoms with E-state index in [-0.39, 0.29) is 0 Å². The molecule has 0 amide bonds. The third-order valence-electron chi connectivity index (χ3n) is 4.57. The van der Waals surface area contributed by atoms with Gasteiger partial charge in [-0.2, -0.15) is 0 Å². The van der Waals surface area contributed by atoms with Crippen LogP contribution in [0.5, 0.6) is 11.5 Å². The Balaban J connectivity index is 1.68.